The van der Waals surface area contributed by atoms with E-state index < -0.39 is 30.2 Å². The first kappa shape index (κ1) is 18.4. The number of aryl methyl sites for hydroxylation is 2. The lowest BCUT2D eigenvalue weighted by atomic mass is 10.1. The van der Waals surface area contributed by atoms with Crippen molar-refractivity contribution in [1.82, 2.24) is 4.57 Å². The molecule has 0 bridgehead atoms. The first-order valence-corrected chi connectivity index (χ1v) is 7.78. The number of anilines is 1. The summed E-state index contributed by atoms with van der Waals surface area (Å²) in [4.78, 5) is 36.2. The van der Waals surface area contributed by atoms with Gasteiger partial charge in [-0.05, 0) is 37.6 Å². The summed E-state index contributed by atoms with van der Waals surface area (Å²) in [5.41, 5.74) is 5.40. The van der Waals surface area contributed by atoms with Crippen molar-refractivity contribution in [3.05, 3.63) is 51.4 Å². The van der Waals surface area contributed by atoms with Crippen LogP contribution < -0.4 is 26.1 Å². The molecule has 2 amide bonds. The molecule has 0 fully saturated rings. The van der Waals surface area contributed by atoms with Gasteiger partial charge in [0, 0.05) is 17.4 Å². The number of nitrogens with zero attached hydrogens (tertiary/aromatic N) is 1. The molecule has 3 rings (SSSR count). The Bertz CT molecular complexity index is 1020. The van der Waals surface area contributed by atoms with E-state index in [4.69, 9.17) is 5.73 Å². The predicted molar refractivity (Wildman–Crippen MR) is 90.0 cm³/mol. The molecular formula is C17H15F2N3O5. The number of hydrogen-bond acceptors (Lipinski definition) is 5. The SMILES string of the molecule is Cc1cc(C)n(CC(=O)Nc2ccc3c(c2)OC(F)(F)O3)c(=O)c1C(N)=O. The predicted octanol–water partition coefficient (Wildman–Crippen LogP) is 1.52. The van der Waals surface area contributed by atoms with E-state index in [9.17, 15) is 23.2 Å². The van der Waals surface area contributed by atoms with Crippen LogP contribution in [0.3, 0.4) is 0 Å². The number of pyridine rings is 1. The number of carbonyl (C=O) groups is 2. The number of halogens is 2. The topological polar surface area (TPSA) is 113 Å². The number of carbonyl (C=O) groups excluding carboxylic acids is 2. The summed E-state index contributed by atoms with van der Waals surface area (Å²) in [7, 11) is 0. The number of amides is 2. The second kappa shape index (κ2) is 6.38. The minimum atomic E-state index is -3.76. The lowest BCUT2D eigenvalue weighted by Crippen LogP contribution is -2.35. The van der Waals surface area contributed by atoms with Crippen LogP contribution in [0.25, 0.3) is 0 Å². The Morgan fingerprint density at radius 3 is 2.52 bits per heavy atom. The van der Waals surface area contributed by atoms with Crippen LogP contribution in [0.4, 0.5) is 14.5 Å². The molecule has 1 aliphatic rings. The van der Waals surface area contributed by atoms with Gasteiger partial charge in [-0.1, -0.05) is 0 Å². The van der Waals surface area contributed by atoms with Crippen LogP contribution in [0.2, 0.25) is 0 Å². The average Bonchev–Trinajstić information content (AvgIpc) is 2.84. The summed E-state index contributed by atoms with van der Waals surface area (Å²) in [6.07, 6.45) is -3.76. The minimum Gasteiger partial charge on any atom is -0.395 e. The molecule has 2 aromatic rings. The summed E-state index contributed by atoms with van der Waals surface area (Å²) in [5.74, 6) is -1.87. The molecule has 2 heterocycles. The Hall–Kier alpha value is -3.43. The van der Waals surface area contributed by atoms with Gasteiger partial charge in [-0.2, -0.15) is 0 Å². The van der Waals surface area contributed by atoms with Gasteiger partial charge in [0.15, 0.2) is 11.5 Å². The number of benzene rings is 1. The van der Waals surface area contributed by atoms with Gasteiger partial charge in [-0.15, -0.1) is 8.78 Å². The van der Waals surface area contributed by atoms with Crippen molar-refractivity contribution in [2.45, 2.75) is 26.7 Å². The van der Waals surface area contributed by atoms with E-state index in [0.717, 1.165) is 4.57 Å². The first-order chi connectivity index (χ1) is 12.6. The minimum absolute atomic E-state index is 0.158. The summed E-state index contributed by atoms with van der Waals surface area (Å²) in [6, 6.07) is 5.31. The maximum Gasteiger partial charge on any atom is 0.586 e. The molecule has 142 valence electrons. The number of fused-ring (bicyclic) bond motifs is 1. The second-order valence-corrected chi connectivity index (χ2v) is 5.98. The van der Waals surface area contributed by atoms with Crippen molar-refractivity contribution in [3.8, 4) is 11.5 Å². The zero-order valence-corrected chi connectivity index (χ0v) is 14.3. The van der Waals surface area contributed by atoms with E-state index in [1.165, 1.54) is 18.2 Å². The van der Waals surface area contributed by atoms with Gasteiger partial charge >= 0.3 is 6.29 Å². The molecule has 0 spiro atoms. The van der Waals surface area contributed by atoms with Gasteiger partial charge in [-0.25, -0.2) is 0 Å². The average molecular weight is 379 g/mol. The number of aromatic nitrogens is 1. The van der Waals surface area contributed by atoms with Crippen LogP contribution in [0.15, 0.2) is 29.1 Å². The number of nitrogens with one attached hydrogen (secondary N) is 1. The van der Waals surface area contributed by atoms with E-state index in [-0.39, 0.29) is 22.7 Å². The third-order valence-corrected chi connectivity index (χ3v) is 3.94. The molecule has 0 unspecified atom stereocenters. The largest absolute Gasteiger partial charge is 0.586 e. The number of rotatable bonds is 4. The van der Waals surface area contributed by atoms with Crippen molar-refractivity contribution >= 4 is 17.5 Å². The van der Waals surface area contributed by atoms with E-state index in [1.807, 2.05) is 0 Å². The van der Waals surface area contributed by atoms with Crippen LogP contribution in [-0.4, -0.2) is 22.7 Å². The molecule has 0 saturated heterocycles. The van der Waals surface area contributed by atoms with Crippen LogP contribution in [0.5, 0.6) is 11.5 Å². The Morgan fingerprint density at radius 1 is 1.19 bits per heavy atom. The molecule has 0 saturated carbocycles. The van der Waals surface area contributed by atoms with Crippen molar-refractivity contribution in [2.75, 3.05) is 5.32 Å². The molecule has 1 aromatic carbocycles. The highest BCUT2D eigenvalue weighted by Gasteiger charge is 2.43. The van der Waals surface area contributed by atoms with Gasteiger partial charge in [0.25, 0.3) is 11.5 Å². The zero-order chi connectivity index (χ0) is 19.9. The summed E-state index contributed by atoms with van der Waals surface area (Å²) < 4.78 is 35.8. The van der Waals surface area contributed by atoms with Crippen LogP contribution in [-0.2, 0) is 11.3 Å². The lowest BCUT2D eigenvalue weighted by molar-refractivity contribution is -0.286. The highest BCUT2D eigenvalue weighted by molar-refractivity contribution is 5.94. The number of primary amides is 1. The maximum absolute atomic E-state index is 13.0. The Morgan fingerprint density at radius 2 is 1.85 bits per heavy atom. The lowest BCUT2D eigenvalue weighted by Gasteiger charge is -2.13. The quantitative estimate of drug-likeness (QED) is 0.836. The Labute approximate surface area is 151 Å². The second-order valence-electron chi connectivity index (χ2n) is 5.98. The van der Waals surface area contributed by atoms with Crippen LogP contribution in [0, 0.1) is 13.8 Å². The van der Waals surface area contributed by atoms with E-state index in [2.05, 4.69) is 14.8 Å². The van der Waals surface area contributed by atoms with Gasteiger partial charge in [0.1, 0.15) is 12.1 Å². The number of alkyl halides is 2. The van der Waals surface area contributed by atoms with E-state index in [0.29, 0.717) is 11.3 Å². The van der Waals surface area contributed by atoms with Gasteiger partial charge in [0.05, 0.1) is 0 Å². The molecule has 27 heavy (non-hydrogen) atoms. The van der Waals surface area contributed by atoms with Crippen molar-refractivity contribution < 1.29 is 27.8 Å². The van der Waals surface area contributed by atoms with Gasteiger partial charge in [-0.3, -0.25) is 14.4 Å². The zero-order valence-electron chi connectivity index (χ0n) is 14.3. The fraction of sp³-hybridized carbons (Fsp3) is 0.235. The molecule has 1 aliphatic heterocycles. The standard InChI is InChI=1S/C17H15F2N3O5/c1-8-5-9(2)22(16(25)14(8)15(20)24)7-13(23)21-10-3-4-11-12(6-10)27-17(18,19)26-11/h3-6H,7H2,1-2H3,(H2,20,24)(H,21,23). The summed E-state index contributed by atoms with van der Waals surface area (Å²) in [6.45, 7) is 2.78. The van der Waals surface area contributed by atoms with Gasteiger partial charge in [0.2, 0.25) is 5.91 Å². The van der Waals surface area contributed by atoms with Crippen molar-refractivity contribution in [3.63, 3.8) is 0 Å². The summed E-state index contributed by atoms with van der Waals surface area (Å²) >= 11 is 0. The fourth-order valence-electron chi connectivity index (χ4n) is 2.79. The monoisotopic (exact) mass is 379 g/mol. The van der Waals surface area contributed by atoms with E-state index >= 15 is 0 Å². The van der Waals surface area contributed by atoms with Crippen molar-refractivity contribution in [2.24, 2.45) is 5.73 Å². The number of ether oxygens (including phenoxy) is 2. The number of hydrogen-bond donors (Lipinski definition) is 2. The highest BCUT2D eigenvalue weighted by Crippen LogP contribution is 2.42. The first-order valence-electron chi connectivity index (χ1n) is 7.78. The smallest absolute Gasteiger partial charge is 0.395 e. The van der Waals surface area contributed by atoms with E-state index in [1.54, 1.807) is 19.9 Å². The summed E-state index contributed by atoms with van der Waals surface area (Å²) in [5, 5.41) is 2.47. The normalized spacial score (nSPS) is 14.1. The molecule has 0 atom stereocenters. The highest BCUT2D eigenvalue weighted by atomic mass is 19.3. The third kappa shape index (κ3) is 3.59. The Balaban J connectivity index is 1.81. The van der Waals surface area contributed by atoms with Crippen LogP contribution in [0.1, 0.15) is 21.6 Å². The molecule has 1 aromatic heterocycles. The molecule has 0 radical (unpaired) electrons. The third-order valence-electron chi connectivity index (χ3n) is 3.94. The van der Waals surface area contributed by atoms with Gasteiger partial charge < -0.3 is 25.1 Å². The molecule has 0 aliphatic carbocycles. The molecule has 10 heteroatoms. The Kier molecular flexibility index (Phi) is 4.34. The maximum atomic E-state index is 13.0. The molecule has 3 N–H and O–H groups in total. The molecular weight excluding hydrogens is 364 g/mol. The van der Waals surface area contributed by atoms with Crippen LogP contribution >= 0.6 is 0 Å². The van der Waals surface area contributed by atoms with Crippen molar-refractivity contribution in [1.29, 1.82) is 0 Å². The molecule has 8 nitrogen and oxygen atoms in total. The number of nitrogens with two attached hydrogens (primary N) is 1. The fourth-order valence-corrected chi connectivity index (χ4v) is 2.79.